The van der Waals surface area contributed by atoms with Crippen LogP contribution in [0.4, 0.5) is 8.78 Å². The van der Waals surface area contributed by atoms with Crippen molar-refractivity contribution in [2.75, 3.05) is 20.4 Å². The zero-order valence-electron chi connectivity index (χ0n) is 12.3. The Kier molecular flexibility index (Phi) is 4.07. The Morgan fingerprint density at radius 3 is 2.30 bits per heavy atom. The molecule has 118 valence electrons. The molecule has 20 heavy (non-hydrogen) atoms. The van der Waals surface area contributed by atoms with E-state index in [2.05, 4.69) is 0 Å². The fourth-order valence-electron chi connectivity index (χ4n) is 2.46. The van der Waals surface area contributed by atoms with Crippen molar-refractivity contribution in [1.82, 2.24) is 0 Å². The highest BCUT2D eigenvalue weighted by atomic mass is 31.2. The van der Waals surface area contributed by atoms with E-state index in [1.807, 2.05) is 0 Å². The molecule has 0 bridgehead atoms. The summed E-state index contributed by atoms with van der Waals surface area (Å²) in [6.45, 7) is 5.56. The highest BCUT2D eigenvalue weighted by Crippen LogP contribution is 2.57. The highest BCUT2D eigenvalue weighted by molar-refractivity contribution is 7.63. The molecule has 0 N–H and O–H groups in total. The molecule has 2 fully saturated rings. The van der Waals surface area contributed by atoms with Crippen LogP contribution < -0.4 is 0 Å². The molecule has 2 saturated heterocycles. The highest BCUT2D eigenvalue weighted by Gasteiger charge is 2.58. The van der Waals surface area contributed by atoms with Crippen LogP contribution in [0.3, 0.4) is 0 Å². The van der Waals surface area contributed by atoms with E-state index in [0.29, 0.717) is 0 Å². The van der Waals surface area contributed by atoms with Gasteiger partial charge in [0.2, 0.25) is 0 Å². The average Bonchev–Trinajstić information content (AvgIpc) is 2.71. The maximum atomic E-state index is 14.0. The molecule has 5 nitrogen and oxygen atoms in total. The summed E-state index contributed by atoms with van der Waals surface area (Å²) in [5.41, 5.74) is -3.30. The lowest BCUT2D eigenvalue weighted by molar-refractivity contribution is -0.231. The lowest BCUT2D eigenvalue weighted by Crippen LogP contribution is -2.34. The van der Waals surface area contributed by atoms with Crippen LogP contribution in [0.1, 0.15) is 20.3 Å². The van der Waals surface area contributed by atoms with Gasteiger partial charge in [-0.3, -0.25) is 0 Å². The van der Waals surface area contributed by atoms with Crippen LogP contribution in [0.25, 0.3) is 0 Å². The molecule has 2 aliphatic heterocycles. The lowest BCUT2D eigenvalue weighted by Gasteiger charge is -2.27. The van der Waals surface area contributed by atoms with Crippen LogP contribution in [-0.4, -0.2) is 56.5 Å². The molecule has 0 unspecified atom stereocenters. The molecular weight excluding hydrogens is 293 g/mol. The molecule has 0 aromatic carbocycles. The third-order valence-electron chi connectivity index (χ3n) is 3.57. The minimum absolute atomic E-state index is 0.552. The van der Waals surface area contributed by atoms with Gasteiger partial charge in [-0.1, -0.05) is 0 Å². The van der Waals surface area contributed by atoms with Gasteiger partial charge in [0.1, 0.15) is 19.3 Å². The van der Waals surface area contributed by atoms with Gasteiger partial charge in [0.05, 0.1) is 6.10 Å². The molecule has 0 aromatic rings. The average molecular weight is 314 g/mol. The standard InChI is InChI=1S/C12H21F2O5P/c1-11(2)18-8-7(6-12(13,14)20(4,5)15)17-10(16-3)9(8)19-11/h7-10H,6H2,1-5H3/t7-,8-,9-,10-/m1/s1. The molecule has 0 amide bonds. The molecule has 0 saturated carbocycles. The summed E-state index contributed by atoms with van der Waals surface area (Å²) < 4.78 is 61.4. The van der Waals surface area contributed by atoms with Crippen LogP contribution in [-0.2, 0) is 23.5 Å². The molecule has 4 atom stereocenters. The molecule has 0 aliphatic carbocycles. The number of ether oxygens (including phenoxy) is 4. The van der Waals surface area contributed by atoms with Crippen molar-refractivity contribution in [3.8, 4) is 0 Å². The van der Waals surface area contributed by atoms with Gasteiger partial charge in [-0.2, -0.15) is 8.78 Å². The Bertz CT molecular complexity index is 422. The minimum atomic E-state index is -3.57. The molecule has 0 radical (unpaired) electrons. The fourth-order valence-corrected chi connectivity index (χ4v) is 3.08. The third kappa shape index (κ3) is 2.92. The predicted octanol–water partition coefficient (Wildman–Crippen LogP) is 2.48. The van der Waals surface area contributed by atoms with Crippen molar-refractivity contribution in [1.29, 1.82) is 0 Å². The summed E-state index contributed by atoms with van der Waals surface area (Å²) >= 11 is 0. The third-order valence-corrected chi connectivity index (χ3v) is 5.33. The topological polar surface area (TPSA) is 54.0 Å². The van der Waals surface area contributed by atoms with Crippen molar-refractivity contribution in [3.05, 3.63) is 0 Å². The van der Waals surface area contributed by atoms with Gasteiger partial charge in [-0.15, -0.1) is 0 Å². The fraction of sp³-hybridized carbons (Fsp3) is 1.00. The van der Waals surface area contributed by atoms with Crippen LogP contribution >= 0.6 is 7.14 Å². The quantitative estimate of drug-likeness (QED) is 0.746. The van der Waals surface area contributed by atoms with Crippen LogP contribution in [0.5, 0.6) is 0 Å². The Morgan fingerprint density at radius 2 is 1.80 bits per heavy atom. The molecular formula is C12H21F2O5P. The van der Waals surface area contributed by atoms with Crippen LogP contribution in [0.2, 0.25) is 0 Å². The largest absolute Gasteiger partial charge is 0.353 e. The van der Waals surface area contributed by atoms with E-state index in [1.165, 1.54) is 7.11 Å². The number of alkyl halides is 2. The molecule has 2 rings (SSSR count). The molecule has 8 heteroatoms. The Labute approximate surface area is 117 Å². The second-order valence-corrected chi connectivity index (χ2v) is 9.42. The van der Waals surface area contributed by atoms with E-state index < -0.39 is 49.6 Å². The van der Waals surface area contributed by atoms with E-state index in [0.717, 1.165) is 13.3 Å². The van der Waals surface area contributed by atoms with Crippen molar-refractivity contribution >= 4 is 7.14 Å². The lowest BCUT2D eigenvalue weighted by atomic mass is 10.1. The molecule has 2 aliphatic rings. The summed E-state index contributed by atoms with van der Waals surface area (Å²) in [5, 5.41) is 0. The van der Waals surface area contributed by atoms with Gasteiger partial charge >= 0.3 is 0 Å². The second-order valence-electron chi connectivity index (χ2n) is 6.06. The van der Waals surface area contributed by atoms with Crippen molar-refractivity contribution in [3.63, 3.8) is 0 Å². The molecule has 2 heterocycles. The number of halogens is 2. The summed E-state index contributed by atoms with van der Waals surface area (Å²) in [6.07, 6.45) is -3.53. The van der Waals surface area contributed by atoms with Crippen molar-refractivity contribution < 1.29 is 32.3 Å². The van der Waals surface area contributed by atoms with Gasteiger partial charge in [0, 0.05) is 13.5 Å². The van der Waals surface area contributed by atoms with Crippen molar-refractivity contribution in [2.24, 2.45) is 0 Å². The number of hydrogen-bond acceptors (Lipinski definition) is 5. The van der Waals surface area contributed by atoms with Gasteiger partial charge in [0.15, 0.2) is 12.1 Å². The van der Waals surface area contributed by atoms with E-state index in [4.69, 9.17) is 18.9 Å². The van der Waals surface area contributed by atoms with Crippen LogP contribution in [0, 0.1) is 0 Å². The van der Waals surface area contributed by atoms with Gasteiger partial charge in [0.25, 0.3) is 5.66 Å². The van der Waals surface area contributed by atoms with Crippen LogP contribution in [0.15, 0.2) is 0 Å². The van der Waals surface area contributed by atoms with E-state index in [1.54, 1.807) is 13.8 Å². The first-order valence-corrected chi connectivity index (χ1v) is 9.04. The minimum Gasteiger partial charge on any atom is -0.353 e. The zero-order chi connectivity index (χ0) is 15.3. The predicted molar refractivity (Wildman–Crippen MR) is 68.5 cm³/mol. The SMILES string of the molecule is CO[C@@H]1O[C@H](CC(F)(F)P(C)(C)=O)[C@H]2OC(C)(C)O[C@@H]12. The van der Waals surface area contributed by atoms with Gasteiger partial charge < -0.3 is 23.5 Å². The summed E-state index contributed by atoms with van der Waals surface area (Å²) in [5.74, 6) is -0.869. The number of fused-ring (bicyclic) bond motifs is 1. The van der Waals surface area contributed by atoms with E-state index in [-0.39, 0.29) is 0 Å². The number of hydrogen-bond donors (Lipinski definition) is 0. The maximum absolute atomic E-state index is 14.0. The number of rotatable bonds is 4. The number of methoxy groups -OCH3 is 1. The Balaban J connectivity index is 2.16. The Morgan fingerprint density at radius 1 is 1.25 bits per heavy atom. The molecule has 0 aromatic heterocycles. The normalized spacial score (nSPS) is 37.1. The smallest absolute Gasteiger partial charge is 0.300 e. The van der Waals surface area contributed by atoms with Gasteiger partial charge in [-0.05, 0) is 27.2 Å². The zero-order valence-corrected chi connectivity index (χ0v) is 13.2. The first-order chi connectivity index (χ1) is 8.97. The first-order valence-electron chi connectivity index (χ1n) is 6.44. The van der Waals surface area contributed by atoms with Crippen molar-refractivity contribution in [2.45, 2.75) is 56.3 Å². The summed E-state index contributed by atoms with van der Waals surface area (Å²) in [7, 11) is -2.15. The summed E-state index contributed by atoms with van der Waals surface area (Å²) in [6, 6.07) is 0. The second kappa shape index (κ2) is 4.99. The molecule has 0 spiro atoms. The van der Waals surface area contributed by atoms with E-state index in [9.17, 15) is 13.3 Å². The first kappa shape index (κ1) is 16.3. The van der Waals surface area contributed by atoms with E-state index >= 15 is 0 Å². The maximum Gasteiger partial charge on any atom is 0.300 e. The summed E-state index contributed by atoms with van der Waals surface area (Å²) in [4.78, 5) is 0. The Hall–Kier alpha value is -0.0700. The van der Waals surface area contributed by atoms with Gasteiger partial charge in [-0.25, -0.2) is 0 Å². The monoisotopic (exact) mass is 314 g/mol.